The molecule has 1 aromatic carbocycles. The van der Waals surface area contributed by atoms with Gasteiger partial charge in [-0.3, -0.25) is 0 Å². The van der Waals surface area contributed by atoms with Crippen LogP contribution in [0.25, 0.3) is 34.9 Å². The first-order valence-corrected chi connectivity index (χ1v) is 21.4. The SMILES string of the molecule is CCC(CC(C)c1cc[n+](CCSCCCn2ccnc2-c2nccn2C)cc1)c1ccccc1.Cn1ccnc1-c1nccn1C.Cn1ccnc1-c1nccn1C.[Os]. The van der Waals surface area contributed by atoms with Gasteiger partial charge < -0.3 is 27.4 Å². The van der Waals surface area contributed by atoms with Gasteiger partial charge in [-0.25, -0.2) is 34.5 Å². The summed E-state index contributed by atoms with van der Waals surface area (Å²) < 4.78 is 14.3. The Labute approximate surface area is 371 Å². The van der Waals surface area contributed by atoms with E-state index in [1.165, 1.54) is 24.0 Å². The van der Waals surface area contributed by atoms with Crippen LogP contribution in [0.5, 0.6) is 0 Å². The number of imidazole rings is 6. The molecular formula is C45H58N13OsS+. The van der Waals surface area contributed by atoms with E-state index in [1.807, 2.05) is 113 Å². The second-order valence-electron chi connectivity index (χ2n) is 14.7. The molecule has 15 heteroatoms. The molecule has 0 N–H and O–H groups in total. The maximum Gasteiger partial charge on any atom is 0.176 e. The van der Waals surface area contributed by atoms with Gasteiger partial charge in [0.2, 0.25) is 0 Å². The van der Waals surface area contributed by atoms with Gasteiger partial charge in [0.05, 0.1) is 5.75 Å². The van der Waals surface area contributed by atoms with Crippen molar-refractivity contribution in [2.45, 2.75) is 58.0 Å². The zero-order valence-electron chi connectivity index (χ0n) is 35.8. The van der Waals surface area contributed by atoms with E-state index in [2.05, 4.69) is 114 Å². The van der Waals surface area contributed by atoms with Gasteiger partial charge >= 0.3 is 0 Å². The molecule has 0 amide bonds. The minimum Gasteiger partial charge on any atom is -0.331 e. The molecule has 0 aliphatic rings. The molecule has 0 saturated heterocycles. The van der Waals surface area contributed by atoms with Crippen molar-refractivity contribution in [2.75, 3.05) is 11.5 Å². The number of aryl methyl sites for hydroxylation is 7. The van der Waals surface area contributed by atoms with E-state index in [-0.39, 0.29) is 19.8 Å². The Hall–Kier alpha value is -5.38. The van der Waals surface area contributed by atoms with Crippen molar-refractivity contribution in [1.29, 1.82) is 0 Å². The summed E-state index contributed by atoms with van der Waals surface area (Å²) in [6.07, 6.45) is 30.4. The molecule has 0 aliphatic heterocycles. The molecule has 0 aliphatic carbocycles. The summed E-state index contributed by atoms with van der Waals surface area (Å²) in [4.78, 5) is 25.7. The van der Waals surface area contributed by atoms with Gasteiger partial charge in [0.25, 0.3) is 0 Å². The van der Waals surface area contributed by atoms with E-state index >= 15 is 0 Å². The molecule has 8 rings (SSSR count). The van der Waals surface area contributed by atoms with E-state index in [0.29, 0.717) is 11.8 Å². The second kappa shape index (κ2) is 22.8. The standard InChI is InChI=1S/C29H38N5S.2C8H10N4.Os/c1-4-25(27-9-6-5-7-10-27)23-24(2)26-11-16-33(17-12-26)20-22-35-21-8-15-34-19-14-31-29(34)28-30-13-18-32(28)3;2*1-11-5-3-9-7(11)8-10-4-6-12(8)2;/h5-7,9-14,16-19,24-25H,4,8,15,20-23H2,1-3H3;2*3-6H,1-2H3;/q+1;;;. The molecule has 0 radical (unpaired) electrons. The zero-order valence-corrected chi connectivity index (χ0v) is 39.2. The molecule has 2 atom stereocenters. The van der Waals surface area contributed by atoms with Crippen molar-refractivity contribution in [1.82, 2.24) is 57.3 Å². The quantitative estimate of drug-likeness (QED) is 0.0765. The van der Waals surface area contributed by atoms with Crippen molar-refractivity contribution in [3.8, 4) is 34.9 Å². The predicted molar refractivity (Wildman–Crippen MR) is 236 cm³/mol. The smallest absolute Gasteiger partial charge is 0.176 e. The Morgan fingerprint density at radius 3 is 1.42 bits per heavy atom. The number of benzene rings is 1. The summed E-state index contributed by atoms with van der Waals surface area (Å²) in [5, 5.41) is 0. The number of aromatic nitrogens is 13. The second-order valence-corrected chi connectivity index (χ2v) is 16.0. The van der Waals surface area contributed by atoms with Gasteiger partial charge in [0.1, 0.15) is 0 Å². The normalized spacial score (nSPS) is 11.8. The van der Waals surface area contributed by atoms with E-state index in [4.69, 9.17) is 0 Å². The molecule has 0 saturated carbocycles. The topological polar surface area (TPSA) is 111 Å². The maximum absolute atomic E-state index is 4.50. The summed E-state index contributed by atoms with van der Waals surface area (Å²) >= 11 is 2.02. The van der Waals surface area contributed by atoms with Crippen molar-refractivity contribution in [3.05, 3.63) is 140 Å². The van der Waals surface area contributed by atoms with Crippen LogP contribution in [-0.4, -0.2) is 68.8 Å². The Kier molecular flexibility index (Phi) is 17.4. The summed E-state index contributed by atoms with van der Waals surface area (Å²) in [6, 6.07) is 15.6. The van der Waals surface area contributed by atoms with E-state index in [9.17, 15) is 0 Å². The first-order chi connectivity index (χ1) is 28.7. The number of hydrogen-bond acceptors (Lipinski definition) is 7. The fraction of sp³-hybridized carbons (Fsp3) is 0.356. The largest absolute Gasteiger partial charge is 0.331 e. The van der Waals surface area contributed by atoms with Crippen LogP contribution in [0.1, 0.15) is 56.1 Å². The van der Waals surface area contributed by atoms with Gasteiger partial charge in [-0.1, -0.05) is 44.2 Å². The van der Waals surface area contributed by atoms with Crippen LogP contribution in [0.15, 0.2) is 129 Å². The van der Waals surface area contributed by atoms with Crippen LogP contribution in [0.3, 0.4) is 0 Å². The van der Waals surface area contributed by atoms with Crippen LogP contribution in [-0.2, 0) is 68.1 Å². The summed E-state index contributed by atoms with van der Waals surface area (Å²) in [5.74, 6) is 8.88. The molecule has 316 valence electrons. The van der Waals surface area contributed by atoms with Crippen LogP contribution >= 0.6 is 11.8 Å². The monoisotopic (exact) mass is 1000 g/mol. The van der Waals surface area contributed by atoms with Gasteiger partial charge in [0.15, 0.2) is 53.9 Å². The minimum absolute atomic E-state index is 0. The van der Waals surface area contributed by atoms with Crippen LogP contribution in [0, 0.1) is 0 Å². The predicted octanol–water partition coefficient (Wildman–Crippen LogP) is 7.72. The number of hydrogen-bond donors (Lipinski definition) is 0. The molecule has 7 heterocycles. The summed E-state index contributed by atoms with van der Waals surface area (Å²) in [5.41, 5.74) is 2.90. The third kappa shape index (κ3) is 12.1. The zero-order chi connectivity index (χ0) is 41.6. The van der Waals surface area contributed by atoms with Crippen LogP contribution < -0.4 is 4.57 Å². The van der Waals surface area contributed by atoms with Crippen LogP contribution in [0.4, 0.5) is 0 Å². The molecule has 13 nitrogen and oxygen atoms in total. The van der Waals surface area contributed by atoms with Gasteiger partial charge in [0, 0.05) is 148 Å². The number of thioether (sulfide) groups is 1. The number of rotatable bonds is 15. The third-order valence-electron chi connectivity index (χ3n) is 10.5. The molecular weight excluding hydrogens is 945 g/mol. The van der Waals surface area contributed by atoms with Crippen molar-refractivity contribution < 1.29 is 24.4 Å². The first kappa shape index (κ1) is 45.7. The average Bonchev–Trinajstić information content (AvgIpc) is 4.13. The van der Waals surface area contributed by atoms with Gasteiger partial charge in [-0.15, -0.1) is 0 Å². The summed E-state index contributed by atoms with van der Waals surface area (Å²) in [6.45, 7) is 6.68. The summed E-state index contributed by atoms with van der Waals surface area (Å²) in [7, 11) is 9.83. The van der Waals surface area contributed by atoms with Crippen molar-refractivity contribution >= 4 is 11.8 Å². The number of nitrogens with zero attached hydrogens (tertiary/aromatic N) is 13. The molecule has 2 unspecified atom stereocenters. The van der Waals surface area contributed by atoms with Gasteiger partial charge in [-0.05, 0) is 48.0 Å². The number of pyridine rings is 1. The van der Waals surface area contributed by atoms with Crippen LogP contribution in [0.2, 0.25) is 0 Å². The Bertz CT molecular complexity index is 2270. The third-order valence-corrected chi connectivity index (χ3v) is 11.5. The van der Waals surface area contributed by atoms with E-state index in [0.717, 1.165) is 66.0 Å². The van der Waals surface area contributed by atoms with E-state index in [1.54, 1.807) is 24.8 Å². The average molecular weight is 1000 g/mol. The van der Waals surface area contributed by atoms with E-state index < -0.39 is 0 Å². The molecule has 7 aromatic heterocycles. The fourth-order valence-corrected chi connectivity index (χ4v) is 7.86. The first-order valence-electron chi connectivity index (χ1n) is 20.2. The molecule has 0 fully saturated rings. The Morgan fingerprint density at radius 2 is 0.983 bits per heavy atom. The Balaban J connectivity index is 0.000000220. The van der Waals surface area contributed by atoms with Crippen molar-refractivity contribution in [3.63, 3.8) is 0 Å². The molecule has 8 aromatic rings. The van der Waals surface area contributed by atoms with Gasteiger partial charge in [-0.2, -0.15) is 11.8 Å². The molecule has 0 spiro atoms. The minimum atomic E-state index is 0. The maximum atomic E-state index is 4.50. The Morgan fingerprint density at radius 1 is 0.550 bits per heavy atom. The molecule has 60 heavy (non-hydrogen) atoms. The molecule has 0 bridgehead atoms. The fourth-order valence-electron chi connectivity index (χ4n) is 6.98. The van der Waals surface area contributed by atoms with Crippen molar-refractivity contribution in [2.24, 2.45) is 35.2 Å².